The van der Waals surface area contributed by atoms with Crippen molar-refractivity contribution in [2.75, 3.05) is 29.5 Å². The van der Waals surface area contributed by atoms with Crippen molar-refractivity contribution in [3.63, 3.8) is 0 Å². The lowest BCUT2D eigenvalue weighted by molar-refractivity contribution is -0.137. The maximum absolute atomic E-state index is 12.9. The van der Waals surface area contributed by atoms with Crippen molar-refractivity contribution in [2.45, 2.75) is 6.18 Å². The summed E-state index contributed by atoms with van der Waals surface area (Å²) in [7, 11) is 1.52. The van der Waals surface area contributed by atoms with Crippen LogP contribution in [-0.2, 0) is 11.0 Å². The number of benzene rings is 3. The van der Waals surface area contributed by atoms with Crippen molar-refractivity contribution in [1.29, 1.82) is 0 Å². The van der Waals surface area contributed by atoms with E-state index in [2.05, 4.69) is 21.3 Å². The Balaban J connectivity index is 1.60. The van der Waals surface area contributed by atoms with Gasteiger partial charge in [-0.15, -0.1) is 0 Å². The molecular weight excluding hydrogens is 449 g/mol. The molecule has 0 heterocycles. The highest BCUT2D eigenvalue weighted by Gasteiger charge is 2.30. The summed E-state index contributed by atoms with van der Waals surface area (Å²) in [5.41, 5.74) is 0.624. The molecule has 7 nitrogen and oxygen atoms in total. The molecule has 0 atom stereocenters. The minimum Gasteiger partial charge on any atom is -0.376 e. The van der Waals surface area contributed by atoms with Gasteiger partial charge in [0, 0.05) is 35.2 Å². The van der Waals surface area contributed by atoms with Gasteiger partial charge in [-0.1, -0.05) is 18.2 Å². The molecule has 0 unspecified atom stereocenters. The van der Waals surface area contributed by atoms with Crippen molar-refractivity contribution >= 4 is 34.8 Å². The van der Waals surface area contributed by atoms with Gasteiger partial charge >= 0.3 is 6.18 Å². The van der Waals surface area contributed by atoms with Gasteiger partial charge in [-0.3, -0.25) is 14.4 Å². The molecule has 176 valence electrons. The molecule has 3 rings (SSSR count). The molecule has 0 radical (unpaired) electrons. The fraction of sp³-hybridized carbons (Fsp3) is 0.125. The lowest BCUT2D eigenvalue weighted by Gasteiger charge is -2.11. The first-order chi connectivity index (χ1) is 16.2. The number of amides is 3. The summed E-state index contributed by atoms with van der Waals surface area (Å²) < 4.78 is 38.6. The maximum atomic E-state index is 12.9. The van der Waals surface area contributed by atoms with Gasteiger partial charge in [0.1, 0.15) is 0 Å². The Labute approximate surface area is 193 Å². The van der Waals surface area contributed by atoms with Gasteiger partial charge in [-0.25, -0.2) is 0 Å². The van der Waals surface area contributed by atoms with Crippen LogP contribution in [0.15, 0.2) is 72.8 Å². The van der Waals surface area contributed by atoms with Crippen molar-refractivity contribution in [3.05, 3.63) is 89.5 Å². The highest BCUT2D eigenvalue weighted by molar-refractivity contribution is 6.05. The van der Waals surface area contributed by atoms with Gasteiger partial charge in [-0.2, -0.15) is 13.2 Å². The second-order valence-corrected chi connectivity index (χ2v) is 7.18. The van der Waals surface area contributed by atoms with E-state index in [1.54, 1.807) is 30.3 Å². The third kappa shape index (κ3) is 6.58. The van der Waals surface area contributed by atoms with Crippen LogP contribution in [0.1, 0.15) is 26.3 Å². The van der Waals surface area contributed by atoms with Crippen LogP contribution >= 0.6 is 0 Å². The Hall–Kier alpha value is -4.34. The average molecular weight is 470 g/mol. The number of halogens is 3. The van der Waals surface area contributed by atoms with Crippen LogP contribution in [-0.4, -0.2) is 31.3 Å². The van der Waals surface area contributed by atoms with Gasteiger partial charge in [0.25, 0.3) is 11.8 Å². The summed E-state index contributed by atoms with van der Waals surface area (Å²) in [5.74, 6) is -1.28. The number of rotatable bonds is 7. The monoisotopic (exact) mass is 470 g/mol. The summed E-state index contributed by atoms with van der Waals surface area (Å²) in [4.78, 5) is 36.5. The molecule has 0 fully saturated rings. The first-order valence-electron chi connectivity index (χ1n) is 10.1. The zero-order valence-electron chi connectivity index (χ0n) is 18.0. The summed E-state index contributed by atoms with van der Waals surface area (Å²) in [5, 5.41) is 10.5. The number of hydrogen-bond donors (Lipinski definition) is 4. The smallest absolute Gasteiger partial charge is 0.376 e. The molecule has 0 spiro atoms. The molecule has 4 N–H and O–H groups in total. The van der Waals surface area contributed by atoms with Crippen molar-refractivity contribution in [2.24, 2.45) is 0 Å². The number of anilines is 3. The van der Waals surface area contributed by atoms with Gasteiger partial charge in [0.15, 0.2) is 0 Å². The second-order valence-electron chi connectivity index (χ2n) is 7.18. The molecular formula is C24H21F3N4O3. The molecule has 0 aliphatic rings. The fourth-order valence-electron chi connectivity index (χ4n) is 3.02. The Morgan fingerprint density at radius 3 is 1.94 bits per heavy atom. The van der Waals surface area contributed by atoms with E-state index < -0.39 is 23.6 Å². The van der Waals surface area contributed by atoms with Gasteiger partial charge in [0.2, 0.25) is 5.91 Å². The van der Waals surface area contributed by atoms with Crippen LogP contribution in [0.4, 0.5) is 30.2 Å². The minimum atomic E-state index is -4.53. The van der Waals surface area contributed by atoms with Crippen molar-refractivity contribution in [3.8, 4) is 0 Å². The van der Waals surface area contributed by atoms with E-state index in [0.717, 1.165) is 12.1 Å². The Bertz CT molecular complexity index is 1210. The molecule has 0 aliphatic carbocycles. The average Bonchev–Trinajstić information content (AvgIpc) is 2.82. The standard InChI is InChI=1S/C24H21F3N4O3/c1-28-22(33)15-5-2-8-18(11-15)29-14-21(32)30-19-9-3-6-16(12-19)23(34)31-20-10-4-7-17(13-20)24(25,26)27/h2-13,29H,14H2,1H3,(H,28,33)(H,30,32)(H,31,34). The Kier molecular flexibility index (Phi) is 7.52. The first-order valence-corrected chi connectivity index (χ1v) is 10.1. The first kappa shape index (κ1) is 24.3. The van der Waals surface area contributed by atoms with Crippen LogP contribution in [0.5, 0.6) is 0 Å². The lowest BCUT2D eigenvalue weighted by Crippen LogP contribution is -2.22. The molecule has 10 heteroatoms. The van der Waals surface area contributed by atoms with Crippen LogP contribution in [0, 0.1) is 0 Å². The molecule has 3 aromatic carbocycles. The molecule has 0 saturated carbocycles. The second kappa shape index (κ2) is 10.5. The normalized spacial score (nSPS) is 10.8. The third-order valence-corrected chi connectivity index (χ3v) is 4.66. The van der Waals surface area contributed by atoms with Gasteiger partial charge in [-0.05, 0) is 54.6 Å². The van der Waals surface area contributed by atoms with E-state index in [1.807, 2.05) is 0 Å². The molecule has 0 aliphatic heterocycles. The predicted molar refractivity (Wildman–Crippen MR) is 123 cm³/mol. The Morgan fingerprint density at radius 1 is 0.735 bits per heavy atom. The molecule has 3 aromatic rings. The van der Waals surface area contributed by atoms with Crippen LogP contribution in [0.3, 0.4) is 0 Å². The Morgan fingerprint density at radius 2 is 1.29 bits per heavy atom. The van der Waals surface area contributed by atoms with Crippen molar-refractivity contribution < 1.29 is 27.6 Å². The van der Waals surface area contributed by atoms with E-state index in [1.165, 1.54) is 37.4 Å². The maximum Gasteiger partial charge on any atom is 0.416 e. The van der Waals surface area contributed by atoms with E-state index in [-0.39, 0.29) is 23.7 Å². The summed E-state index contributed by atoms with van der Waals surface area (Å²) in [6.45, 7) is -0.0993. The van der Waals surface area contributed by atoms with E-state index in [0.29, 0.717) is 16.9 Å². The molecule has 0 saturated heterocycles. The largest absolute Gasteiger partial charge is 0.416 e. The highest BCUT2D eigenvalue weighted by atomic mass is 19.4. The minimum absolute atomic E-state index is 0.00236. The van der Waals surface area contributed by atoms with E-state index in [4.69, 9.17) is 0 Å². The van der Waals surface area contributed by atoms with Crippen LogP contribution in [0.25, 0.3) is 0 Å². The topological polar surface area (TPSA) is 99.3 Å². The number of nitrogens with one attached hydrogen (secondary N) is 4. The molecule has 0 aromatic heterocycles. The van der Waals surface area contributed by atoms with Gasteiger partial charge in [0.05, 0.1) is 12.1 Å². The summed E-state index contributed by atoms with van der Waals surface area (Å²) in [6, 6.07) is 16.9. The summed E-state index contributed by atoms with van der Waals surface area (Å²) in [6.07, 6.45) is -4.53. The zero-order chi connectivity index (χ0) is 24.7. The van der Waals surface area contributed by atoms with E-state index in [9.17, 15) is 27.6 Å². The quantitative estimate of drug-likeness (QED) is 0.412. The number of carbonyl (C=O) groups excluding carboxylic acids is 3. The molecule has 0 bridgehead atoms. The number of carbonyl (C=O) groups is 3. The lowest BCUT2D eigenvalue weighted by atomic mass is 10.1. The van der Waals surface area contributed by atoms with Crippen LogP contribution in [0.2, 0.25) is 0 Å². The van der Waals surface area contributed by atoms with E-state index >= 15 is 0 Å². The molecule has 3 amide bonds. The number of alkyl halides is 3. The zero-order valence-corrected chi connectivity index (χ0v) is 18.0. The van der Waals surface area contributed by atoms with Crippen molar-refractivity contribution in [1.82, 2.24) is 5.32 Å². The SMILES string of the molecule is CNC(=O)c1cccc(NCC(=O)Nc2cccc(C(=O)Nc3cccc(C(F)(F)F)c3)c2)c1. The number of hydrogen-bond acceptors (Lipinski definition) is 4. The van der Waals surface area contributed by atoms with Crippen LogP contribution < -0.4 is 21.3 Å². The third-order valence-electron chi connectivity index (χ3n) is 4.66. The predicted octanol–water partition coefficient (Wildman–Crippen LogP) is 4.37. The fourth-order valence-corrected chi connectivity index (χ4v) is 3.02. The summed E-state index contributed by atoms with van der Waals surface area (Å²) >= 11 is 0. The highest BCUT2D eigenvalue weighted by Crippen LogP contribution is 2.30. The van der Waals surface area contributed by atoms with Gasteiger partial charge < -0.3 is 21.3 Å². The molecule has 34 heavy (non-hydrogen) atoms.